The Hall–Kier alpha value is -0.520. The number of halogens is 1. The van der Waals surface area contributed by atoms with Gasteiger partial charge in [-0.15, -0.1) is 0 Å². The van der Waals surface area contributed by atoms with Gasteiger partial charge in [-0.3, -0.25) is 0 Å². The Balaban J connectivity index is 2.70. The van der Waals surface area contributed by atoms with E-state index in [0.29, 0.717) is 12.1 Å². The van der Waals surface area contributed by atoms with Crippen LogP contribution in [0.5, 0.6) is 0 Å². The van der Waals surface area contributed by atoms with Crippen molar-refractivity contribution in [3.8, 4) is 0 Å². The summed E-state index contributed by atoms with van der Waals surface area (Å²) in [5.41, 5.74) is 6.78. The second-order valence-electron chi connectivity index (χ2n) is 2.95. The Bertz CT molecular complexity index is 357. The highest BCUT2D eigenvalue weighted by Crippen LogP contribution is 2.22. The Labute approximate surface area is 101 Å². The number of benzene rings is 1. The molecule has 0 aromatic heterocycles. The van der Waals surface area contributed by atoms with E-state index in [1.54, 1.807) is 23.9 Å². The lowest BCUT2D eigenvalue weighted by Gasteiger charge is -2.04. The maximum atomic E-state index is 10.7. The summed E-state index contributed by atoms with van der Waals surface area (Å²) in [5, 5.41) is 8.77. The summed E-state index contributed by atoms with van der Waals surface area (Å²) >= 11 is 5.09. The number of aromatic carboxylic acids is 1. The minimum absolute atomic E-state index is 0.300. The minimum Gasteiger partial charge on any atom is -0.478 e. The van der Waals surface area contributed by atoms with Gasteiger partial charge in [0.1, 0.15) is 0 Å². The van der Waals surface area contributed by atoms with E-state index in [-0.39, 0.29) is 0 Å². The average molecular weight is 290 g/mol. The molecule has 82 valence electrons. The fourth-order valence-electron chi connectivity index (χ4n) is 1.06. The van der Waals surface area contributed by atoms with Gasteiger partial charge in [0.15, 0.2) is 0 Å². The van der Waals surface area contributed by atoms with Gasteiger partial charge in [0.25, 0.3) is 0 Å². The predicted octanol–water partition coefficient (Wildman–Crippen LogP) is 2.34. The van der Waals surface area contributed by atoms with Gasteiger partial charge in [-0.25, -0.2) is 4.79 Å². The van der Waals surface area contributed by atoms with Crippen LogP contribution in [0.1, 0.15) is 15.9 Å². The van der Waals surface area contributed by atoms with Gasteiger partial charge in [0.05, 0.1) is 5.56 Å². The molecule has 0 aliphatic carbocycles. The van der Waals surface area contributed by atoms with Crippen LogP contribution in [-0.4, -0.2) is 23.4 Å². The van der Waals surface area contributed by atoms with Crippen LogP contribution in [0.25, 0.3) is 0 Å². The van der Waals surface area contributed by atoms with Crippen LogP contribution in [0.3, 0.4) is 0 Å². The molecule has 0 aliphatic heterocycles. The smallest absolute Gasteiger partial charge is 0.335 e. The summed E-state index contributed by atoms with van der Waals surface area (Å²) in [4.78, 5) is 10.7. The third-order valence-corrected chi connectivity index (χ3v) is 3.60. The van der Waals surface area contributed by atoms with E-state index in [4.69, 9.17) is 10.8 Å². The lowest BCUT2D eigenvalue weighted by atomic mass is 10.1. The number of hydrogen-bond donors (Lipinski definition) is 2. The molecule has 3 N–H and O–H groups in total. The van der Waals surface area contributed by atoms with Gasteiger partial charge in [-0.05, 0) is 17.7 Å². The third kappa shape index (κ3) is 3.85. The van der Waals surface area contributed by atoms with Crippen molar-refractivity contribution in [3.05, 3.63) is 33.8 Å². The van der Waals surface area contributed by atoms with Crippen LogP contribution in [0.15, 0.2) is 22.7 Å². The highest BCUT2D eigenvalue weighted by molar-refractivity contribution is 9.10. The molecule has 0 aliphatic rings. The number of carboxylic acid groups (broad SMARTS) is 1. The van der Waals surface area contributed by atoms with Crippen LogP contribution in [0, 0.1) is 0 Å². The standard InChI is InChI=1S/C10H12BrNO2S/c11-9-5-7(10(13)14)1-2-8(9)6-15-4-3-12/h1-2,5H,3-4,6,12H2,(H,13,14). The summed E-state index contributed by atoms with van der Waals surface area (Å²) in [6.45, 7) is 0.662. The largest absolute Gasteiger partial charge is 0.478 e. The zero-order valence-electron chi connectivity index (χ0n) is 8.07. The summed E-state index contributed by atoms with van der Waals surface area (Å²) in [6.07, 6.45) is 0. The van der Waals surface area contributed by atoms with Crippen molar-refractivity contribution >= 4 is 33.7 Å². The van der Waals surface area contributed by atoms with Crippen molar-refractivity contribution in [1.82, 2.24) is 0 Å². The highest BCUT2D eigenvalue weighted by atomic mass is 79.9. The van der Waals surface area contributed by atoms with E-state index in [0.717, 1.165) is 21.5 Å². The van der Waals surface area contributed by atoms with Gasteiger partial charge in [-0.1, -0.05) is 22.0 Å². The molecule has 5 heteroatoms. The molecule has 0 bridgehead atoms. The van der Waals surface area contributed by atoms with Crippen molar-refractivity contribution in [2.75, 3.05) is 12.3 Å². The predicted molar refractivity (Wildman–Crippen MR) is 66.3 cm³/mol. The van der Waals surface area contributed by atoms with Crippen molar-refractivity contribution < 1.29 is 9.90 Å². The molecule has 0 atom stereocenters. The molecular formula is C10H12BrNO2S. The molecule has 0 heterocycles. The highest BCUT2D eigenvalue weighted by Gasteiger charge is 2.06. The zero-order valence-corrected chi connectivity index (χ0v) is 10.5. The van der Waals surface area contributed by atoms with E-state index in [1.165, 1.54) is 0 Å². The van der Waals surface area contributed by atoms with Gasteiger partial charge < -0.3 is 10.8 Å². The molecule has 0 fully saturated rings. The molecule has 0 radical (unpaired) electrons. The Morgan fingerprint density at radius 2 is 2.27 bits per heavy atom. The molecule has 0 amide bonds. The van der Waals surface area contributed by atoms with E-state index in [2.05, 4.69) is 15.9 Å². The molecule has 15 heavy (non-hydrogen) atoms. The SMILES string of the molecule is NCCSCc1ccc(C(=O)O)cc1Br. The number of carbonyl (C=O) groups is 1. The van der Waals surface area contributed by atoms with Crippen LogP contribution in [0.2, 0.25) is 0 Å². The molecule has 0 spiro atoms. The molecule has 1 rings (SSSR count). The van der Waals surface area contributed by atoms with Crippen LogP contribution < -0.4 is 5.73 Å². The minimum atomic E-state index is -0.906. The number of nitrogens with two attached hydrogens (primary N) is 1. The second kappa shape index (κ2) is 6.15. The Kier molecular flexibility index (Phi) is 5.14. The lowest BCUT2D eigenvalue weighted by Crippen LogP contribution is -2.02. The van der Waals surface area contributed by atoms with E-state index in [1.807, 2.05) is 6.07 Å². The van der Waals surface area contributed by atoms with Crippen molar-refractivity contribution in [2.24, 2.45) is 5.73 Å². The number of hydrogen-bond acceptors (Lipinski definition) is 3. The number of thioether (sulfide) groups is 1. The normalized spacial score (nSPS) is 10.3. The summed E-state index contributed by atoms with van der Waals surface area (Å²) in [6, 6.07) is 5.07. The first-order valence-electron chi connectivity index (χ1n) is 4.44. The van der Waals surface area contributed by atoms with Gasteiger partial charge in [0.2, 0.25) is 0 Å². The van der Waals surface area contributed by atoms with Crippen LogP contribution >= 0.6 is 27.7 Å². The quantitative estimate of drug-likeness (QED) is 0.817. The van der Waals surface area contributed by atoms with E-state index in [9.17, 15) is 4.79 Å². The zero-order chi connectivity index (χ0) is 11.3. The monoisotopic (exact) mass is 289 g/mol. The summed E-state index contributed by atoms with van der Waals surface area (Å²) < 4.78 is 0.840. The number of rotatable bonds is 5. The first-order chi connectivity index (χ1) is 7.15. The van der Waals surface area contributed by atoms with E-state index < -0.39 is 5.97 Å². The molecule has 0 saturated heterocycles. The maximum Gasteiger partial charge on any atom is 0.335 e. The Morgan fingerprint density at radius 1 is 1.53 bits per heavy atom. The second-order valence-corrected chi connectivity index (χ2v) is 4.91. The van der Waals surface area contributed by atoms with Crippen molar-refractivity contribution in [1.29, 1.82) is 0 Å². The van der Waals surface area contributed by atoms with Gasteiger partial charge in [-0.2, -0.15) is 11.8 Å². The fourth-order valence-corrected chi connectivity index (χ4v) is 2.55. The van der Waals surface area contributed by atoms with Crippen LogP contribution in [-0.2, 0) is 5.75 Å². The summed E-state index contributed by atoms with van der Waals surface area (Å²) in [5.74, 6) is 0.849. The van der Waals surface area contributed by atoms with E-state index >= 15 is 0 Å². The fraction of sp³-hybridized carbons (Fsp3) is 0.300. The molecule has 1 aromatic rings. The molecule has 1 aromatic carbocycles. The Morgan fingerprint density at radius 3 is 2.80 bits per heavy atom. The lowest BCUT2D eigenvalue weighted by molar-refractivity contribution is 0.0697. The van der Waals surface area contributed by atoms with Gasteiger partial charge in [0, 0.05) is 22.5 Å². The molecular weight excluding hydrogens is 278 g/mol. The molecule has 0 unspecified atom stereocenters. The average Bonchev–Trinajstić information content (AvgIpc) is 2.20. The maximum absolute atomic E-state index is 10.7. The number of carboxylic acids is 1. The molecule has 0 saturated carbocycles. The van der Waals surface area contributed by atoms with Crippen LogP contribution in [0.4, 0.5) is 0 Å². The van der Waals surface area contributed by atoms with Crippen molar-refractivity contribution in [2.45, 2.75) is 5.75 Å². The van der Waals surface area contributed by atoms with Gasteiger partial charge >= 0.3 is 5.97 Å². The topological polar surface area (TPSA) is 63.3 Å². The van der Waals surface area contributed by atoms with Crippen molar-refractivity contribution in [3.63, 3.8) is 0 Å². The first-order valence-corrected chi connectivity index (χ1v) is 6.39. The first kappa shape index (κ1) is 12.5. The summed E-state index contributed by atoms with van der Waals surface area (Å²) in [7, 11) is 0. The third-order valence-electron chi connectivity index (χ3n) is 1.82. The molecule has 3 nitrogen and oxygen atoms in total.